The van der Waals surface area contributed by atoms with Crippen molar-refractivity contribution in [3.63, 3.8) is 0 Å². The highest BCUT2D eigenvalue weighted by Crippen LogP contribution is 2.30. The van der Waals surface area contributed by atoms with Crippen molar-refractivity contribution in [1.82, 2.24) is 20.5 Å². The second-order valence-electron chi connectivity index (χ2n) is 5.48. The van der Waals surface area contributed by atoms with Gasteiger partial charge in [0.2, 0.25) is 0 Å². The molecular weight excluding hydrogens is 454 g/mol. The second kappa shape index (κ2) is 9.76. The first-order valence-corrected chi connectivity index (χ1v) is 8.52. The number of nitrogens with one attached hydrogen (secondary N) is 2. The van der Waals surface area contributed by atoms with E-state index in [2.05, 4.69) is 32.6 Å². The van der Waals surface area contributed by atoms with Gasteiger partial charge in [-0.15, -0.1) is 35.3 Å². The summed E-state index contributed by atoms with van der Waals surface area (Å²) in [6.07, 6.45) is -2.06. The van der Waals surface area contributed by atoms with Crippen molar-refractivity contribution in [2.75, 3.05) is 26.7 Å². The van der Waals surface area contributed by atoms with Gasteiger partial charge in [0.15, 0.2) is 11.7 Å². The molecule has 0 saturated carbocycles. The van der Waals surface area contributed by atoms with Crippen LogP contribution in [-0.4, -0.2) is 48.6 Å². The molecule has 0 spiro atoms. The van der Waals surface area contributed by atoms with E-state index in [1.807, 2.05) is 6.92 Å². The number of nitrogens with zero attached hydrogens (tertiary/aromatic N) is 3. The van der Waals surface area contributed by atoms with E-state index in [0.29, 0.717) is 23.6 Å². The number of hydrogen-bond donors (Lipinski definition) is 2. The van der Waals surface area contributed by atoms with Gasteiger partial charge in [-0.05, 0) is 33.4 Å². The van der Waals surface area contributed by atoms with Crippen LogP contribution >= 0.6 is 35.3 Å². The number of likely N-dealkylation sites (tertiary alicyclic amines) is 1. The van der Waals surface area contributed by atoms with E-state index in [-0.39, 0.29) is 30.5 Å². The highest BCUT2D eigenvalue weighted by Gasteiger charge is 2.33. The normalized spacial score (nSPS) is 19.2. The molecule has 138 valence electrons. The predicted molar refractivity (Wildman–Crippen MR) is 101 cm³/mol. The quantitative estimate of drug-likeness (QED) is 0.389. The Morgan fingerprint density at radius 3 is 2.75 bits per heavy atom. The molecule has 0 amide bonds. The molecular formula is C14H23F3IN5S. The van der Waals surface area contributed by atoms with Gasteiger partial charge in [0.25, 0.3) is 0 Å². The van der Waals surface area contributed by atoms with Gasteiger partial charge in [-0.1, -0.05) is 0 Å². The van der Waals surface area contributed by atoms with Crippen LogP contribution in [-0.2, 0) is 12.7 Å². The molecule has 10 heteroatoms. The zero-order valence-corrected chi connectivity index (χ0v) is 16.8. The predicted octanol–water partition coefficient (Wildman–Crippen LogP) is 2.93. The molecule has 0 bridgehead atoms. The summed E-state index contributed by atoms with van der Waals surface area (Å²) in [5, 5.41) is 7.74. The van der Waals surface area contributed by atoms with Crippen LogP contribution in [0.25, 0.3) is 0 Å². The molecule has 2 N–H and O–H groups in total. The maximum absolute atomic E-state index is 12.5. The molecule has 1 aromatic heterocycles. The number of rotatable bonds is 5. The summed E-state index contributed by atoms with van der Waals surface area (Å²) in [6.45, 7) is 4.64. The van der Waals surface area contributed by atoms with Crippen LogP contribution in [0.5, 0.6) is 0 Å². The molecule has 0 aromatic carbocycles. The van der Waals surface area contributed by atoms with E-state index < -0.39 is 11.9 Å². The van der Waals surface area contributed by atoms with Crippen LogP contribution < -0.4 is 10.6 Å². The maximum atomic E-state index is 12.5. The number of halogens is 4. The van der Waals surface area contributed by atoms with Gasteiger partial charge in [0, 0.05) is 24.5 Å². The number of thiazole rings is 1. The van der Waals surface area contributed by atoms with E-state index in [4.69, 9.17) is 0 Å². The summed E-state index contributed by atoms with van der Waals surface area (Å²) in [5.41, 5.74) is -0.849. The first-order chi connectivity index (χ1) is 10.9. The lowest BCUT2D eigenvalue weighted by Gasteiger charge is -2.21. The van der Waals surface area contributed by atoms with E-state index >= 15 is 0 Å². The van der Waals surface area contributed by atoms with E-state index in [1.54, 1.807) is 0 Å². The van der Waals surface area contributed by atoms with Gasteiger partial charge in [0.1, 0.15) is 5.01 Å². The van der Waals surface area contributed by atoms with Crippen LogP contribution in [0.3, 0.4) is 0 Å². The summed E-state index contributed by atoms with van der Waals surface area (Å²) in [5.74, 6) is 0.608. The highest BCUT2D eigenvalue weighted by atomic mass is 127. The van der Waals surface area contributed by atoms with Gasteiger partial charge >= 0.3 is 6.18 Å². The molecule has 0 aliphatic carbocycles. The first kappa shape index (κ1) is 21.4. The summed E-state index contributed by atoms with van der Waals surface area (Å²) in [4.78, 5) is 10.2. The molecule has 1 aromatic rings. The third kappa shape index (κ3) is 6.36. The number of hydrogen-bond acceptors (Lipinski definition) is 4. The zero-order chi connectivity index (χ0) is 16.9. The molecule has 5 nitrogen and oxygen atoms in total. The van der Waals surface area contributed by atoms with Crippen molar-refractivity contribution in [3.8, 4) is 0 Å². The Morgan fingerprint density at radius 2 is 2.21 bits per heavy atom. The van der Waals surface area contributed by atoms with Crippen molar-refractivity contribution >= 4 is 41.3 Å². The van der Waals surface area contributed by atoms with Crippen molar-refractivity contribution in [1.29, 1.82) is 0 Å². The minimum absolute atomic E-state index is 0. The number of guanidine groups is 1. The molecule has 1 fully saturated rings. The third-order valence-electron chi connectivity index (χ3n) is 3.74. The van der Waals surface area contributed by atoms with Crippen molar-refractivity contribution in [3.05, 3.63) is 16.1 Å². The lowest BCUT2D eigenvalue weighted by atomic mass is 10.2. The van der Waals surface area contributed by atoms with Crippen LogP contribution in [0.15, 0.2) is 10.4 Å². The minimum Gasteiger partial charge on any atom is -0.357 e. The fourth-order valence-electron chi connectivity index (χ4n) is 2.45. The molecule has 1 unspecified atom stereocenters. The number of likely N-dealkylation sites (N-methyl/N-ethyl adjacent to an activating group) is 1. The van der Waals surface area contributed by atoms with Crippen LogP contribution in [0.2, 0.25) is 0 Å². The summed E-state index contributed by atoms with van der Waals surface area (Å²) in [7, 11) is 2.09. The second-order valence-corrected chi connectivity index (χ2v) is 6.42. The monoisotopic (exact) mass is 477 g/mol. The van der Waals surface area contributed by atoms with Gasteiger partial charge in [-0.3, -0.25) is 0 Å². The SMILES string of the molecule is CCNC(=NCc1nc(C(F)(F)F)cs1)NCC1CCCN1C.I. The molecule has 0 radical (unpaired) electrons. The average Bonchev–Trinajstić information content (AvgIpc) is 3.10. The Balaban J connectivity index is 0.00000288. The van der Waals surface area contributed by atoms with E-state index in [9.17, 15) is 13.2 Å². The zero-order valence-electron chi connectivity index (χ0n) is 13.7. The number of aliphatic imine (C=N–C) groups is 1. The molecule has 1 aliphatic rings. The van der Waals surface area contributed by atoms with Gasteiger partial charge in [-0.25, -0.2) is 9.98 Å². The molecule has 2 heterocycles. The summed E-state index contributed by atoms with van der Waals surface area (Å²) in [6, 6.07) is 0.468. The largest absolute Gasteiger partial charge is 0.434 e. The standard InChI is InChI=1S/C14H22F3N5S.HI/c1-3-18-13(19-7-10-5-4-6-22(10)2)20-8-12-21-11(9-23-12)14(15,16)17;/h9-10H,3-8H2,1-2H3,(H2,18,19,20);1H. The third-order valence-corrected chi connectivity index (χ3v) is 4.57. The molecule has 1 aliphatic heterocycles. The Labute approximate surface area is 161 Å². The van der Waals surface area contributed by atoms with Crippen LogP contribution in [0, 0.1) is 0 Å². The Hall–Kier alpha value is -0.620. The van der Waals surface area contributed by atoms with Gasteiger partial charge < -0.3 is 15.5 Å². The molecule has 24 heavy (non-hydrogen) atoms. The fraction of sp³-hybridized carbons (Fsp3) is 0.714. The lowest BCUT2D eigenvalue weighted by molar-refractivity contribution is -0.140. The van der Waals surface area contributed by atoms with Crippen LogP contribution in [0.1, 0.15) is 30.5 Å². The Bertz CT molecular complexity index is 535. The average molecular weight is 477 g/mol. The van der Waals surface area contributed by atoms with Crippen molar-refractivity contribution < 1.29 is 13.2 Å². The smallest absolute Gasteiger partial charge is 0.357 e. The molecule has 2 rings (SSSR count). The molecule has 1 atom stereocenters. The summed E-state index contributed by atoms with van der Waals surface area (Å²) < 4.78 is 37.6. The number of aromatic nitrogens is 1. The lowest BCUT2D eigenvalue weighted by Crippen LogP contribution is -2.44. The Kier molecular flexibility index (Phi) is 8.71. The van der Waals surface area contributed by atoms with Crippen molar-refractivity contribution in [2.24, 2.45) is 4.99 Å². The van der Waals surface area contributed by atoms with E-state index in [1.165, 1.54) is 6.42 Å². The fourth-order valence-corrected chi connectivity index (χ4v) is 3.18. The molecule has 1 saturated heterocycles. The van der Waals surface area contributed by atoms with Crippen molar-refractivity contribution in [2.45, 2.75) is 38.5 Å². The van der Waals surface area contributed by atoms with Crippen LogP contribution in [0.4, 0.5) is 13.2 Å². The highest BCUT2D eigenvalue weighted by molar-refractivity contribution is 14.0. The Morgan fingerprint density at radius 1 is 1.46 bits per heavy atom. The summed E-state index contributed by atoms with van der Waals surface area (Å²) >= 11 is 0.978. The first-order valence-electron chi connectivity index (χ1n) is 7.64. The number of alkyl halides is 3. The van der Waals surface area contributed by atoms with Gasteiger partial charge in [-0.2, -0.15) is 13.2 Å². The van der Waals surface area contributed by atoms with E-state index in [0.717, 1.165) is 36.2 Å². The minimum atomic E-state index is -4.39. The topological polar surface area (TPSA) is 52.6 Å². The maximum Gasteiger partial charge on any atom is 0.434 e. The van der Waals surface area contributed by atoms with Gasteiger partial charge in [0.05, 0.1) is 6.54 Å².